The quantitative estimate of drug-likeness (QED) is 0.644. The zero-order valence-corrected chi connectivity index (χ0v) is 12.4. The summed E-state index contributed by atoms with van der Waals surface area (Å²) in [6, 6.07) is 5.66. The van der Waals surface area contributed by atoms with Crippen LogP contribution in [0.3, 0.4) is 0 Å². The van der Waals surface area contributed by atoms with E-state index in [4.69, 9.17) is 9.84 Å². The second-order valence-electron chi connectivity index (χ2n) is 4.77. The SMILES string of the molecule is COc1c(F)c(F)c(COc2ccc(CC(=O)O)cc2)c(F)c1F. The first-order chi connectivity index (χ1) is 11.3. The molecule has 2 aromatic rings. The Morgan fingerprint density at radius 3 is 2.00 bits per heavy atom. The summed E-state index contributed by atoms with van der Waals surface area (Å²) in [6.07, 6.45) is -0.196. The van der Waals surface area contributed by atoms with Gasteiger partial charge in [-0.05, 0) is 17.7 Å². The van der Waals surface area contributed by atoms with E-state index in [1.165, 1.54) is 24.3 Å². The Hall–Kier alpha value is -2.77. The Bertz CT molecular complexity index is 731. The Morgan fingerprint density at radius 2 is 1.54 bits per heavy atom. The van der Waals surface area contributed by atoms with Crippen molar-refractivity contribution in [1.82, 2.24) is 0 Å². The molecular formula is C16H12F4O4. The minimum atomic E-state index is -1.65. The summed E-state index contributed by atoms with van der Waals surface area (Å²) in [5, 5.41) is 8.65. The third-order valence-electron chi connectivity index (χ3n) is 3.18. The summed E-state index contributed by atoms with van der Waals surface area (Å²) >= 11 is 0. The lowest BCUT2D eigenvalue weighted by Gasteiger charge is -2.12. The van der Waals surface area contributed by atoms with Crippen molar-refractivity contribution in [1.29, 1.82) is 0 Å². The van der Waals surface area contributed by atoms with Gasteiger partial charge in [0, 0.05) is 0 Å². The zero-order valence-electron chi connectivity index (χ0n) is 12.4. The number of carbonyl (C=O) groups is 1. The average Bonchev–Trinajstić information content (AvgIpc) is 2.54. The summed E-state index contributed by atoms with van der Waals surface area (Å²) in [6.45, 7) is -0.756. The van der Waals surface area contributed by atoms with Crippen LogP contribution in [0.15, 0.2) is 24.3 Å². The molecule has 0 aliphatic rings. The molecule has 0 aliphatic heterocycles. The maximum Gasteiger partial charge on any atom is 0.307 e. The minimum Gasteiger partial charge on any atom is -0.491 e. The van der Waals surface area contributed by atoms with Gasteiger partial charge in [0.05, 0.1) is 19.1 Å². The highest BCUT2D eigenvalue weighted by molar-refractivity contribution is 5.70. The lowest BCUT2D eigenvalue weighted by atomic mass is 10.1. The molecule has 0 unspecified atom stereocenters. The van der Waals surface area contributed by atoms with Crippen LogP contribution in [-0.2, 0) is 17.8 Å². The fraction of sp³-hybridized carbons (Fsp3) is 0.188. The molecule has 0 aliphatic carbocycles. The Morgan fingerprint density at radius 1 is 1.00 bits per heavy atom. The Balaban J connectivity index is 2.19. The van der Waals surface area contributed by atoms with Crippen molar-refractivity contribution in [2.45, 2.75) is 13.0 Å². The number of benzene rings is 2. The molecule has 128 valence electrons. The highest BCUT2D eigenvalue weighted by atomic mass is 19.2. The molecule has 2 rings (SSSR count). The van der Waals surface area contributed by atoms with E-state index in [0.717, 1.165) is 7.11 Å². The van der Waals surface area contributed by atoms with E-state index in [-0.39, 0.29) is 12.2 Å². The average molecular weight is 344 g/mol. The van der Waals surface area contributed by atoms with Crippen LogP contribution in [0.4, 0.5) is 17.6 Å². The summed E-state index contributed by atoms with van der Waals surface area (Å²) in [5.41, 5.74) is -0.422. The molecule has 0 aromatic heterocycles. The molecule has 0 radical (unpaired) electrons. The highest BCUT2D eigenvalue weighted by Gasteiger charge is 2.26. The first-order valence-corrected chi connectivity index (χ1v) is 6.67. The number of ether oxygens (including phenoxy) is 2. The van der Waals surface area contributed by atoms with Crippen LogP contribution in [0.2, 0.25) is 0 Å². The van der Waals surface area contributed by atoms with Gasteiger partial charge in [-0.1, -0.05) is 12.1 Å². The van der Waals surface area contributed by atoms with Crippen molar-refractivity contribution in [2.24, 2.45) is 0 Å². The van der Waals surface area contributed by atoms with E-state index in [1.54, 1.807) is 0 Å². The molecule has 0 saturated heterocycles. The smallest absolute Gasteiger partial charge is 0.307 e. The topological polar surface area (TPSA) is 55.8 Å². The second-order valence-corrected chi connectivity index (χ2v) is 4.77. The highest BCUT2D eigenvalue weighted by Crippen LogP contribution is 2.30. The molecule has 0 spiro atoms. The molecule has 0 saturated carbocycles. The first-order valence-electron chi connectivity index (χ1n) is 6.67. The molecule has 24 heavy (non-hydrogen) atoms. The molecular weight excluding hydrogens is 332 g/mol. The van der Waals surface area contributed by atoms with Gasteiger partial charge in [-0.25, -0.2) is 8.78 Å². The van der Waals surface area contributed by atoms with Gasteiger partial charge in [0.2, 0.25) is 11.6 Å². The number of carboxylic acid groups (broad SMARTS) is 1. The van der Waals surface area contributed by atoms with E-state index in [9.17, 15) is 22.4 Å². The van der Waals surface area contributed by atoms with E-state index in [1.807, 2.05) is 0 Å². The predicted molar refractivity (Wildman–Crippen MR) is 74.9 cm³/mol. The van der Waals surface area contributed by atoms with Crippen LogP contribution in [0.1, 0.15) is 11.1 Å². The monoisotopic (exact) mass is 344 g/mol. The third kappa shape index (κ3) is 3.58. The molecule has 0 heterocycles. The van der Waals surface area contributed by atoms with Crippen molar-refractivity contribution >= 4 is 5.97 Å². The van der Waals surface area contributed by atoms with Gasteiger partial charge in [0.1, 0.15) is 12.4 Å². The lowest BCUT2D eigenvalue weighted by molar-refractivity contribution is -0.136. The maximum atomic E-state index is 13.8. The molecule has 0 atom stereocenters. The lowest BCUT2D eigenvalue weighted by Crippen LogP contribution is -2.09. The second kappa shape index (κ2) is 7.20. The van der Waals surface area contributed by atoms with Crippen LogP contribution in [0, 0.1) is 23.3 Å². The van der Waals surface area contributed by atoms with E-state index < -0.39 is 47.2 Å². The standard InChI is InChI=1S/C16H12F4O4/c1-23-16-14(19)12(17)10(13(18)15(16)20)7-24-9-4-2-8(3-5-9)6-11(21)22/h2-5H,6-7H2,1H3,(H,21,22). The molecule has 0 amide bonds. The van der Waals surface area contributed by atoms with Gasteiger partial charge >= 0.3 is 5.97 Å². The number of halogens is 4. The summed E-state index contributed by atoms with van der Waals surface area (Å²) in [5.74, 6) is -8.51. The summed E-state index contributed by atoms with van der Waals surface area (Å²) in [7, 11) is 0.884. The minimum absolute atomic E-state index is 0.152. The normalized spacial score (nSPS) is 10.5. The number of hydrogen-bond donors (Lipinski definition) is 1. The summed E-state index contributed by atoms with van der Waals surface area (Å²) < 4.78 is 64.1. The van der Waals surface area contributed by atoms with Gasteiger partial charge < -0.3 is 14.6 Å². The molecule has 4 nitrogen and oxygen atoms in total. The molecule has 0 fully saturated rings. The molecule has 0 bridgehead atoms. The van der Waals surface area contributed by atoms with Gasteiger partial charge in [-0.2, -0.15) is 8.78 Å². The van der Waals surface area contributed by atoms with E-state index in [2.05, 4.69) is 4.74 Å². The zero-order chi connectivity index (χ0) is 17.9. The third-order valence-corrected chi connectivity index (χ3v) is 3.18. The van der Waals surface area contributed by atoms with E-state index in [0.29, 0.717) is 5.56 Å². The van der Waals surface area contributed by atoms with Gasteiger partial charge in [0.15, 0.2) is 17.4 Å². The number of rotatable bonds is 6. The van der Waals surface area contributed by atoms with Crippen LogP contribution >= 0.6 is 0 Å². The number of aliphatic carboxylic acids is 1. The fourth-order valence-corrected chi connectivity index (χ4v) is 2.00. The summed E-state index contributed by atoms with van der Waals surface area (Å²) in [4.78, 5) is 10.6. The Kier molecular flexibility index (Phi) is 5.28. The fourth-order valence-electron chi connectivity index (χ4n) is 2.00. The first kappa shape index (κ1) is 17.6. The number of hydrogen-bond acceptors (Lipinski definition) is 3. The number of carboxylic acids is 1. The van der Waals surface area contributed by atoms with Crippen molar-refractivity contribution in [3.63, 3.8) is 0 Å². The van der Waals surface area contributed by atoms with Crippen molar-refractivity contribution in [3.05, 3.63) is 58.7 Å². The predicted octanol–water partition coefficient (Wildman–Crippen LogP) is 3.46. The van der Waals surface area contributed by atoms with Crippen LogP contribution in [0.25, 0.3) is 0 Å². The van der Waals surface area contributed by atoms with Crippen molar-refractivity contribution in [3.8, 4) is 11.5 Å². The van der Waals surface area contributed by atoms with Crippen LogP contribution in [-0.4, -0.2) is 18.2 Å². The van der Waals surface area contributed by atoms with E-state index >= 15 is 0 Å². The van der Waals surface area contributed by atoms with Crippen molar-refractivity contribution < 1.29 is 36.9 Å². The molecule has 1 N–H and O–H groups in total. The largest absolute Gasteiger partial charge is 0.491 e. The number of methoxy groups -OCH3 is 1. The Labute approximate surface area is 134 Å². The molecule has 2 aromatic carbocycles. The van der Waals surface area contributed by atoms with Crippen molar-refractivity contribution in [2.75, 3.05) is 7.11 Å². The van der Waals surface area contributed by atoms with Gasteiger partial charge in [-0.15, -0.1) is 0 Å². The van der Waals surface area contributed by atoms with Crippen LogP contribution in [0.5, 0.6) is 11.5 Å². The van der Waals surface area contributed by atoms with Gasteiger partial charge in [-0.3, -0.25) is 4.79 Å². The molecule has 8 heteroatoms. The maximum absolute atomic E-state index is 13.8. The van der Waals surface area contributed by atoms with Gasteiger partial charge in [0.25, 0.3) is 0 Å². The van der Waals surface area contributed by atoms with Crippen LogP contribution < -0.4 is 9.47 Å².